The fourth-order valence-electron chi connectivity index (χ4n) is 1.39. The van der Waals surface area contributed by atoms with E-state index < -0.39 is 5.97 Å². The maximum Gasteiger partial charge on any atom is 0.332 e. The number of carbonyl (C=O) groups is 1. The van der Waals surface area contributed by atoms with Gasteiger partial charge >= 0.3 is 5.97 Å². The summed E-state index contributed by atoms with van der Waals surface area (Å²) >= 11 is 0. The molecule has 0 bridgehead atoms. The van der Waals surface area contributed by atoms with Crippen LogP contribution in [0.4, 0.5) is 0 Å². The van der Waals surface area contributed by atoms with Crippen LogP contribution in [-0.4, -0.2) is 18.2 Å². The van der Waals surface area contributed by atoms with Gasteiger partial charge in [-0.05, 0) is 13.8 Å². The molecule has 86 valence electrons. The van der Waals surface area contributed by atoms with Gasteiger partial charge in [0.2, 0.25) is 0 Å². The Morgan fingerprint density at radius 3 is 2.56 bits per heavy atom. The summed E-state index contributed by atoms with van der Waals surface area (Å²) in [5, 5.41) is 8.62. The van der Waals surface area contributed by atoms with Crippen LogP contribution in [0, 0.1) is 13.8 Å². The second kappa shape index (κ2) is 4.65. The largest absolute Gasteiger partial charge is 0.496 e. The summed E-state index contributed by atoms with van der Waals surface area (Å²) in [6.07, 6.45) is 0.828. The van der Waals surface area contributed by atoms with E-state index in [-0.39, 0.29) is 16.8 Å². The van der Waals surface area contributed by atoms with Gasteiger partial charge in [-0.2, -0.15) is 0 Å². The molecular formula is C11H12O5. The summed E-state index contributed by atoms with van der Waals surface area (Å²) in [4.78, 5) is 22.2. The summed E-state index contributed by atoms with van der Waals surface area (Å²) in [5.74, 6) is -0.397. The third kappa shape index (κ3) is 2.50. The maximum absolute atomic E-state index is 11.7. The van der Waals surface area contributed by atoms with E-state index in [2.05, 4.69) is 0 Å². The number of carboxylic acid groups (broad SMARTS) is 1. The zero-order valence-electron chi connectivity index (χ0n) is 9.23. The minimum atomic E-state index is -1.18. The number of aryl methyl sites for hydroxylation is 2. The smallest absolute Gasteiger partial charge is 0.332 e. The van der Waals surface area contributed by atoms with Gasteiger partial charge in [0.05, 0.1) is 13.2 Å². The number of ether oxygens (including phenoxy) is 1. The number of carboxylic acids is 1. The first kappa shape index (κ1) is 12.0. The molecule has 0 radical (unpaired) electrons. The van der Waals surface area contributed by atoms with Crippen LogP contribution in [0.5, 0.6) is 0 Å². The van der Waals surface area contributed by atoms with Crippen LogP contribution in [0.1, 0.15) is 17.1 Å². The molecule has 0 amide bonds. The lowest BCUT2D eigenvalue weighted by Crippen LogP contribution is -2.11. The quantitative estimate of drug-likeness (QED) is 0.619. The van der Waals surface area contributed by atoms with E-state index >= 15 is 0 Å². The van der Waals surface area contributed by atoms with Gasteiger partial charge in [-0.1, -0.05) is 0 Å². The first-order chi connectivity index (χ1) is 7.45. The summed E-state index contributed by atoms with van der Waals surface area (Å²) in [6, 6.07) is 1.29. The Hall–Kier alpha value is -2.04. The van der Waals surface area contributed by atoms with Crippen molar-refractivity contribution in [3.63, 3.8) is 0 Å². The fraction of sp³-hybridized carbons (Fsp3) is 0.273. The monoisotopic (exact) mass is 224 g/mol. The predicted octanol–water partition coefficient (Wildman–Crippen LogP) is 1.33. The third-order valence-electron chi connectivity index (χ3n) is 1.97. The molecule has 1 aromatic rings. The molecule has 0 fully saturated rings. The van der Waals surface area contributed by atoms with Crippen molar-refractivity contribution in [1.29, 1.82) is 0 Å². The lowest BCUT2D eigenvalue weighted by Gasteiger charge is -2.07. The zero-order valence-corrected chi connectivity index (χ0v) is 9.23. The highest BCUT2D eigenvalue weighted by Crippen LogP contribution is 2.16. The van der Waals surface area contributed by atoms with Gasteiger partial charge in [0.15, 0.2) is 5.43 Å². The lowest BCUT2D eigenvalue weighted by atomic mass is 10.1. The molecule has 0 aliphatic rings. The molecule has 1 rings (SSSR count). The van der Waals surface area contributed by atoms with Crippen molar-refractivity contribution >= 4 is 11.7 Å². The van der Waals surface area contributed by atoms with Crippen LogP contribution in [0.2, 0.25) is 0 Å². The second-order valence-corrected chi connectivity index (χ2v) is 3.20. The zero-order chi connectivity index (χ0) is 12.3. The van der Waals surface area contributed by atoms with Crippen LogP contribution in [-0.2, 0) is 9.53 Å². The number of hydrogen-bond donors (Lipinski definition) is 1. The number of hydrogen-bond acceptors (Lipinski definition) is 4. The topological polar surface area (TPSA) is 76.7 Å². The van der Waals surface area contributed by atoms with E-state index in [9.17, 15) is 9.59 Å². The molecule has 16 heavy (non-hydrogen) atoms. The molecule has 1 aromatic heterocycles. The van der Waals surface area contributed by atoms with Crippen molar-refractivity contribution in [2.45, 2.75) is 13.8 Å². The van der Waals surface area contributed by atoms with Gasteiger partial charge in [-0.15, -0.1) is 0 Å². The third-order valence-corrected chi connectivity index (χ3v) is 1.97. The number of aliphatic carboxylic acids is 1. The van der Waals surface area contributed by atoms with E-state index in [1.165, 1.54) is 13.2 Å². The first-order valence-electron chi connectivity index (χ1n) is 4.56. The molecule has 0 saturated carbocycles. The van der Waals surface area contributed by atoms with E-state index in [1.807, 2.05) is 0 Å². The summed E-state index contributed by atoms with van der Waals surface area (Å²) in [7, 11) is 1.30. The molecule has 0 aliphatic heterocycles. The van der Waals surface area contributed by atoms with Gasteiger partial charge in [-0.25, -0.2) is 4.79 Å². The average molecular weight is 224 g/mol. The Bertz CT molecular complexity index is 496. The van der Waals surface area contributed by atoms with Crippen LogP contribution in [0.25, 0.3) is 5.76 Å². The minimum absolute atomic E-state index is 0.0150. The van der Waals surface area contributed by atoms with Gasteiger partial charge < -0.3 is 14.3 Å². The fourth-order valence-corrected chi connectivity index (χ4v) is 1.39. The van der Waals surface area contributed by atoms with Crippen molar-refractivity contribution < 1.29 is 19.1 Å². The molecule has 0 atom stereocenters. The van der Waals surface area contributed by atoms with Crippen LogP contribution < -0.4 is 5.43 Å². The van der Waals surface area contributed by atoms with Crippen molar-refractivity contribution in [1.82, 2.24) is 0 Å². The molecule has 0 spiro atoms. The molecule has 1 heterocycles. The van der Waals surface area contributed by atoms with Gasteiger partial charge in [-0.3, -0.25) is 4.79 Å². The van der Waals surface area contributed by atoms with Gasteiger partial charge in [0, 0.05) is 6.07 Å². The Morgan fingerprint density at radius 1 is 1.50 bits per heavy atom. The van der Waals surface area contributed by atoms with Crippen molar-refractivity contribution in [3.05, 3.63) is 39.4 Å². The molecule has 0 saturated heterocycles. The minimum Gasteiger partial charge on any atom is -0.496 e. The van der Waals surface area contributed by atoms with Crippen LogP contribution in [0.3, 0.4) is 0 Å². The highest BCUT2D eigenvalue weighted by Gasteiger charge is 2.14. The Kier molecular flexibility index (Phi) is 3.50. The molecule has 1 N–H and O–H groups in total. The predicted molar refractivity (Wildman–Crippen MR) is 57.1 cm³/mol. The Morgan fingerprint density at radius 2 is 2.12 bits per heavy atom. The highest BCUT2D eigenvalue weighted by molar-refractivity contribution is 5.88. The highest BCUT2D eigenvalue weighted by atomic mass is 16.5. The van der Waals surface area contributed by atoms with E-state index in [4.69, 9.17) is 14.3 Å². The molecule has 0 aliphatic carbocycles. The van der Waals surface area contributed by atoms with Crippen molar-refractivity contribution in [2.24, 2.45) is 0 Å². The molecule has 0 aromatic carbocycles. The summed E-state index contributed by atoms with van der Waals surface area (Å²) in [6.45, 7) is 3.23. The van der Waals surface area contributed by atoms with Gasteiger partial charge in [0.1, 0.15) is 22.8 Å². The molecule has 5 heteroatoms. The summed E-state index contributed by atoms with van der Waals surface area (Å²) in [5.41, 5.74) is -0.189. The summed E-state index contributed by atoms with van der Waals surface area (Å²) < 4.78 is 10.1. The van der Waals surface area contributed by atoms with Gasteiger partial charge in [0.25, 0.3) is 0 Å². The standard InChI is InChI=1S/C11H12O5/c1-6-4-8(12)11(7(2)16-6)9(15-3)5-10(13)14/h4-5H,1-3H3,(H,13,14). The maximum atomic E-state index is 11.7. The average Bonchev–Trinajstić information content (AvgIpc) is 2.13. The second-order valence-electron chi connectivity index (χ2n) is 3.20. The Labute approximate surface area is 92.0 Å². The van der Waals surface area contributed by atoms with E-state index in [0.717, 1.165) is 6.08 Å². The van der Waals surface area contributed by atoms with E-state index in [0.29, 0.717) is 11.5 Å². The van der Waals surface area contributed by atoms with Crippen LogP contribution >= 0.6 is 0 Å². The molecule has 5 nitrogen and oxygen atoms in total. The lowest BCUT2D eigenvalue weighted by molar-refractivity contribution is -0.131. The van der Waals surface area contributed by atoms with Crippen LogP contribution in [0.15, 0.2) is 21.4 Å². The SMILES string of the molecule is COC(=CC(=O)O)c1c(C)oc(C)cc1=O. The molecular weight excluding hydrogens is 212 g/mol. The Balaban J connectivity index is 3.43. The first-order valence-corrected chi connectivity index (χ1v) is 4.56. The normalized spacial score (nSPS) is 11.3. The van der Waals surface area contributed by atoms with E-state index in [1.54, 1.807) is 13.8 Å². The number of methoxy groups -OCH3 is 1. The number of rotatable bonds is 3. The van der Waals surface area contributed by atoms with Crippen molar-refractivity contribution in [2.75, 3.05) is 7.11 Å². The van der Waals surface area contributed by atoms with Crippen molar-refractivity contribution in [3.8, 4) is 0 Å². The molecule has 0 unspecified atom stereocenters.